The topological polar surface area (TPSA) is 58.6 Å². The van der Waals surface area contributed by atoms with E-state index >= 15 is 0 Å². The third-order valence-corrected chi connectivity index (χ3v) is 4.48. The van der Waals surface area contributed by atoms with Gasteiger partial charge < -0.3 is 15.0 Å². The van der Waals surface area contributed by atoms with E-state index < -0.39 is 0 Å². The first-order chi connectivity index (χ1) is 12.6. The zero-order valence-corrected chi connectivity index (χ0v) is 14.8. The minimum Gasteiger partial charge on any atom is -0.493 e. The van der Waals surface area contributed by atoms with Crippen molar-refractivity contribution in [1.29, 1.82) is 0 Å². The minimum absolute atomic E-state index is 0.126. The molecule has 0 saturated heterocycles. The molecule has 1 aliphatic heterocycles. The Hall–Kier alpha value is -3.08. The van der Waals surface area contributed by atoms with Gasteiger partial charge in [-0.05, 0) is 54.0 Å². The molecule has 0 saturated carbocycles. The molecule has 26 heavy (non-hydrogen) atoms. The van der Waals surface area contributed by atoms with Gasteiger partial charge >= 0.3 is 0 Å². The lowest BCUT2D eigenvalue weighted by molar-refractivity contribution is -0.113. The number of hydrogen-bond donors (Lipinski definition) is 1. The van der Waals surface area contributed by atoms with E-state index in [-0.39, 0.29) is 11.8 Å². The Labute approximate surface area is 153 Å². The number of nitrogens with one attached hydrogen (secondary N) is 1. The van der Waals surface area contributed by atoms with Gasteiger partial charge in [-0.2, -0.15) is 0 Å². The first-order valence-corrected chi connectivity index (χ1v) is 8.61. The van der Waals surface area contributed by atoms with Gasteiger partial charge in [-0.3, -0.25) is 9.59 Å². The average molecular weight is 350 g/mol. The van der Waals surface area contributed by atoms with E-state index in [0.717, 1.165) is 25.2 Å². The van der Waals surface area contributed by atoms with E-state index in [4.69, 9.17) is 4.74 Å². The van der Waals surface area contributed by atoms with Crippen LogP contribution in [0.15, 0.2) is 55.1 Å². The molecule has 0 atom stereocenters. The number of benzene rings is 2. The molecule has 2 amide bonds. The van der Waals surface area contributed by atoms with Crippen molar-refractivity contribution in [3.05, 3.63) is 71.8 Å². The van der Waals surface area contributed by atoms with Crippen LogP contribution >= 0.6 is 0 Å². The molecule has 134 valence electrons. The van der Waals surface area contributed by atoms with Gasteiger partial charge in [0.1, 0.15) is 5.75 Å². The highest BCUT2D eigenvalue weighted by atomic mass is 16.5. The maximum Gasteiger partial charge on any atom is 0.251 e. The summed E-state index contributed by atoms with van der Waals surface area (Å²) in [5.41, 5.74) is 3.71. The summed E-state index contributed by atoms with van der Waals surface area (Å²) in [6.45, 7) is 4.78. The van der Waals surface area contributed by atoms with Crippen molar-refractivity contribution < 1.29 is 14.3 Å². The average Bonchev–Trinajstić information content (AvgIpc) is 3.14. The van der Waals surface area contributed by atoms with Gasteiger partial charge in [-0.25, -0.2) is 0 Å². The molecule has 1 heterocycles. The summed E-state index contributed by atoms with van der Waals surface area (Å²) in [6, 6.07) is 13.1. The molecule has 5 nitrogen and oxygen atoms in total. The number of carbonyl (C=O) groups excluding carboxylic acids is 2. The molecule has 0 fully saturated rings. The molecule has 0 spiro atoms. The summed E-state index contributed by atoms with van der Waals surface area (Å²) in [5, 5.41) is 2.93. The fourth-order valence-electron chi connectivity index (χ4n) is 2.92. The number of carbonyl (C=O) groups is 2. The zero-order chi connectivity index (χ0) is 18.5. The highest BCUT2D eigenvalue weighted by Gasteiger charge is 2.12. The Balaban J connectivity index is 1.53. The SMILES string of the molecule is C=CC(=O)N(C)c1ccc(C(=O)NCCc2ccc3c(c2)CCO3)cc1. The number of ether oxygens (including phenoxy) is 1. The van der Waals surface area contributed by atoms with Crippen LogP contribution in [-0.2, 0) is 17.6 Å². The van der Waals surface area contributed by atoms with E-state index in [2.05, 4.69) is 18.0 Å². The number of amides is 2. The Morgan fingerprint density at radius 1 is 1.23 bits per heavy atom. The zero-order valence-electron chi connectivity index (χ0n) is 14.8. The maximum atomic E-state index is 12.3. The molecule has 1 N–H and O–H groups in total. The number of hydrogen-bond acceptors (Lipinski definition) is 3. The van der Waals surface area contributed by atoms with Gasteiger partial charge in [-0.1, -0.05) is 18.7 Å². The second kappa shape index (κ2) is 7.87. The number of fused-ring (bicyclic) bond motifs is 1. The van der Waals surface area contributed by atoms with Gasteiger partial charge in [0.25, 0.3) is 5.91 Å². The molecule has 0 radical (unpaired) electrons. The van der Waals surface area contributed by atoms with Crippen LogP contribution < -0.4 is 15.0 Å². The third-order valence-electron chi connectivity index (χ3n) is 4.48. The molecule has 1 aliphatic rings. The van der Waals surface area contributed by atoms with E-state index in [1.807, 2.05) is 12.1 Å². The second-order valence-electron chi connectivity index (χ2n) is 6.19. The lowest BCUT2D eigenvalue weighted by Gasteiger charge is -2.15. The molecule has 2 aromatic rings. The van der Waals surface area contributed by atoms with Gasteiger partial charge in [-0.15, -0.1) is 0 Å². The van der Waals surface area contributed by atoms with Crippen molar-refractivity contribution >= 4 is 17.5 Å². The van der Waals surface area contributed by atoms with E-state index in [1.54, 1.807) is 31.3 Å². The highest BCUT2D eigenvalue weighted by molar-refractivity contribution is 6.01. The van der Waals surface area contributed by atoms with E-state index in [9.17, 15) is 9.59 Å². The lowest BCUT2D eigenvalue weighted by atomic mass is 10.1. The fourth-order valence-corrected chi connectivity index (χ4v) is 2.92. The predicted octanol–water partition coefficient (Wildman–Crippen LogP) is 2.74. The summed E-state index contributed by atoms with van der Waals surface area (Å²) >= 11 is 0. The maximum absolute atomic E-state index is 12.3. The van der Waals surface area contributed by atoms with Crippen LogP contribution in [0.1, 0.15) is 21.5 Å². The van der Waals surface area contributed by atoms with E-state index in [1.165, 1.54) is 22.1 Å². The normalized spacial score (nSPS) is 12.0. The molecule has 0 bridgehead atoms. The molecule has 0 aliphatic carbocycles. The Morgan fingerprint density at radius 2 is 2.00 bits per heavy atom. The van der Waals surface area contributed by atoms with Crippen molar-refractivity contribution in [2.75, 3.05) is 25.1 Å². The third kappa shape index (κ3) is 3.94. The number of anilines is 1. The molecule has 5 heteroatoms. The van der Waals surface area contributed by atoms with Crippen molar-refractivity contribution in [1.82, 2.24) is 5.32 Å². The lowest BCUT2D eigenvalue weighted by Crippen LogP contribution is -2.26. The van der Waals surface area contributed by atoms with Gasteiger partial charge in [0.2, 0.25) is 5.91 Å². The molecule has 2 aromatic carbocycles. The molecular weight excluding hydrogens is 328 g/mol. The predicted molar refractivity (Wildman–Crippen MR) is 102 cm³/mol. The first-order valence-electron chi connectivity index (χ1n) is 8.61. The van der Waals surface area contributed by atoms with Crippen molar-refractivity contribution in [3.63, 3.8) is 0 Å². The monoisotopic (exact) mass is 350 g/mol. The molecular formula is C21H22N2O3. The largest absolute Gasteiger partial charge is 0.493 e. The standard InChI is InChI=1S/C21H22N2O3/c1-3-20(24)23(2)18-7-5-16(6-8-18)21(25)22-12-10-15-4-9-19-17(14-15)11-13-26-19/h3-9,14H,1,10-13H2,2H3,(H,22,25). The molecule has 3 rings (SSSR count). The number of nitrogens with zero attached hydrogens (tertiary/aromatic N) is 1. The molecule has 0 aromatic heterocycles. The summed E-state index contributed by atoms with van der Waals surface area (Å²) in [5.74, 6) is 0.651. The second-order valence-corrected chi connectivity index (χ2v) is 6.19. The number of likely N-dealkylation sites (N-methyl/N-ethyl adjacent to an activating group) is 1. The molecule has 0 unspecified atom stereocenters. The summed E-state index contributed by atoms with van der Waals surface area (Å²) in [6.07, 6.45) is 2.98. The Bertz CT molecular complexity index is 828. The van der Waals surface area contributed by atoms with Crippen LogP contribution in [0.5, 0.6) is 5.75 Å². The van der Waals surface area contributed by atoms with Crippen LogP contribution in [0.2, 0.25) is 0 Å². The van der Waals surface area contributed by atoms with Crippen molar-refractivity contribution in [2.24, 2.45) is 0 Å². The van der Waals surface area contributed by atoms with Crippen molar-refractivity contribution in [3.8, 4) is 5.75 Å². The Kier molecular flexibility index (Phi) is 5.37. The quantitative estimate of drug-likeness (QED) is 0.815. The van der Waals surface area contributed by atoms with Gasteiger partial charge in [0.15, 0.2) is 0 Å². The fraction of sp³-hybridized carbons (Fsp3) is 0.238. The van der Waals surface area contributed by atoms with Crippen molar-refractivity contribution in [2.45, 2.75) is 12.8 Å². The highest BCUT2D eigenvalue weighted by Crippen LogP contribution is 2.25. The van der Waals surface area contributed by atoms with Crippen LogP contribution in [0.4, 0.5) is 5.69 Å². The van der Waals surface area contributed by atoms with Gasteiger partial charge in [0, 0.05) is 31.3 Å². The summed E-state index contributed by atoms with van der Waals surface area (Å²) < 4.78 is 5.50. The van der Waals surface area contributed by atoms with E-state index in [0.29, 0.717) is 17.8 Å². The smallest absolute Gasteiger partial charge is 0.251 e. The summed E-state index contributed by atoms with van der Waals surface area (Å²) in [7, 11) is 1.67. The first kappa shape index (κ1) is 17.7. The van der Waals surface area contributed by atoms with Gasteiger partial charge in [0.05, 0.1) is 6.61 Å². The minimum atomic E-state index is -0.193. The van der Waals surface area contributed by atoms with Crippen LogP contribution in [0.3, 0.4) is 0 Å². The van der Waals surface area contributed by atoms with Crippen LogP contribution in [-0.4, -0.2) is 32.0 Å². The van der Waals surface area contributed by atoms with Crippen LogP contribution in [0, 0.1) is 0 Å². The Morgan fingerprint density at radius 3 is 2.73 bits per heavy atom. The number of rotatable bonds is 6. The van der Waals surface area contributed by atoms with Crippen LogP contribution in [0.25, 0.3) is 0 Å². The summed E-state index contributed by atoms with van der Waals surface area (Å²) in [4.78, 5) is 25.3.